The Morgan fingerprint density at radius 3 is 2.65 bits per heavy atom. The molecule has 0 fully saturated rings. The van der Waals surface area contributed by atoms with Gasteiger partial charge in [0.2, 0.25) is 5.16 Å². The number of phenolic OH excluding ortho intramolecular Hbond substituents is 2. The lowest BCUT2D eigenvalue weighted by Crippen LogP contribution is -2.13. The smallest absolute Gasteiger partial charge is 0.210 e. The molecule has 0 aliphatic carbocycles. The van der Waals surface area contributed by atoms with Crippen molar-refractivity contribution in [2.75, 3.05) is 11.6 Å². The Bertz CT molecular complexity index is 994. The first-order chi connectivity index (χ1) is 12.4. The van der Waals surface area contributed by atoms with Crippen LogP contribution >= 0.6 is 35.0 Å². The van der Waals surface area contributed by atoms with Gasteiger partial charge in [0.05, 0.1) is 16.3 Å². The van der Waals surface area contributed by atoms with E-state index in [9.17, 15) is 15.0 Å². The second kappa shape index (κ2) is 7.45. The molecule has 1 heterocycles. The SMILES string of the molecule is Nn1c(SCC(=O)c2ccc(O)cc2O)nnc1-c1cc(Cl)ccc1Cl. The molecule has 4 N–H and O–H groups in total. The molecule has 0 saturated heterocycles. The Morgan fingerprint density at radius 2 is 1.92 bits per heavy atom. The Kier molecular flexibility index (Phi) is 5.26. The van der Waals surface area contributed by atoms with E-state index in [1.807, 2.05) is 0 Å². The van der Waals surface area contributed by atoms with Crippen molar-refractivity contribution < 1.29 is 15.0 Å². The van der Waals surface area contributed by atoms with Gasteiger partial charge in [0.15, 0.2) is 11.6 Å². The number of hydrogen-bond acceptors (Lipinski definition) is 7. The molecule has 0 aliphatic rings. The number of rotatable bonds is 5. The van der Waals surface area contributed by atoms with Gasteiger partial charge in [0.25, 0.3) is 0 Å². The van der Waals surface area contributed by atoms with Crippen molar-refractivity contribution in [1.29, 1.82) is 0 Å². The van der Waals surface area contributed by atoms with Gasteiger partial charge in [-0.25, -0.2) is 4.68 Å². The van der Waals surface area contributed by atoms with Gasteiger partial charge in [0.1, 0.15) is 11.5 Å². The fraction of sp³-hybridized carbons (Fsp3) is 0.0625. The summed E-state index contributed by atoms with van der Waals surface area (Å²) in [4.78, 5) is 12.2. The van der Waals surface area contributed by atoms with Crippen LogP contribution in [0.25, 0.3) is 11.4 Å². The summed E-state index contributed by atoms with van der Waals surface area (Å²) in [7, 11) is 0. The molecule has 0 saturated carbocycles. The minimum atomic E-state index is -0.349. The van der Waals surface area contributed by atoms with E-state index >= 15 is 0 Å². The van der Waals surface area contributed by atoms with Gasteiger partial charge in [0, 0.05) is 16.7 Å². The number of nitrogens with two attached hydrogens (primary N) is 1. The molecule has 0 radical (unpaired) electrons. The Morgan fingerprint density at radius 1 is 1.15 bits per heavy atom. The Balaban J connectivity index is 1.78. The molecule has 1 aromatic heterocycles. The van der Waals surface area contributed by atoms with E-state index in [-0.39, 0.29) is 28.6 Å². The first kappa shape index (κ1) is 18.4. The third kappa shape index (κ3) is 3.72. The monoisotopic (exact) mass is 410 g/mol. The fourth-order valence-electron chi connectivity index (χ4n) is 2.19. The van der Waals surface area contributed by atoms with Gasteiger partial charge in [-0.05, 0) is 30.3 Å². The van der Waals surface area contributed by atoms with Crippen LogP contribution in [0, 0.1) is 0 Å². The number of Topliss-reactive ketones (excluding diaryl/α,β-unsaturated/α-hetero) is 1. The minimum Gasteiger partial charge on any atom is -0.508 e. The van der Waals surface area contributed by atoms with Crippen molar-refractivity contribution in [3.8, 4) is 22.9 Å². The van der Waals surface area contributed by atoms with Crippen molar-refractivity contribution in [3.63, 3.8) is 0 Å². The van der Waals surface area contributed by atoms with Gasteiger partial charge < -0.3 is 16.1 Å². The maximum atomic E-state index is 12.2. The van der Waals surface area contributed by atoms with Crippen LogP contribution in [-0.2, 0) is 0 Å². The molecule has 0 bridgehead atoms. The Hall–Kier alpha value is -2.42. The molecule has 0 amide bonds. The maximum absolute atomic E-state index is 12.2. The summed E-state index contributed by atoms with van der Waals surface area (Å²) >= 11 is 13.2. The second-order valence-corrected chi connectivity index (χ2v) is 7.00. The second-order valence-electron chi connectivity index (χ2n) is 5.21. The van der Waals surface area contributed by atoms with Gasteiger partial charge in [-0.15, -0.1) is 10.2 Å². The molecule has 0 spiro atoms. The molecule has 0 atom stereocenters. The zero-order chi connectivity index (χ0) is 18.8. The normalized spacial score (nSPS) is 10.8. The lowest BCUT2D eigenvalue weighted by molar-refractivity contribution is 0.102. The van der Waals surface area contributed by atoms with Crippen LogP contribution in [0.1, 0.15) is 10.4 Å². The number of thioether (sulfide) groups is 1. The zero-order valence-corrected chi connectivity index (χ0v) is 15.4. The van der Waals surface area contributed by atoms with E-state index < -0.39 is 0 Å². The van der Waals surface area contributed by atoms with E-state index in [4.69, 9.17) is 29.0 Å². The molecule has 10 heteroatoms. The fourth-order valence-corrected chi connectivity index (χ4v) is 3.31. The molecular weight excluding hydrogens is 399 g/mol. The standard InChI is InChI=1S/C16H12Cl2N4O3S/c17-8-1-4-12(18)11(5-8)15-20-21-16(22(15)19)26-7-14(25)10-3-2-9(23)6-13(10)24/h1-6,23-24H,7,19H2. The van der Waals surface area contributed by atoms with Crippen LogP contribution in [0.5, 0.6) is 11.5 Å². The summed E-state index contributed by atoms with van der Waals surface area (Å²) in [5.74, 6) is 5.51. The summed E-state index contributed by atoms with van der Waals surface area (Å²) in [5.41, 5.74) is 0.611. The maximum Gasteiger partial charge on any atom is 0.210 e. The van der Waals surface area contributed by atoms with Gasteiger partial charge >= 0.3 is 0 Å². The summed E-state index contributed by atoms with van der Waals surface area (Å²) < 4.78 is 1.21. The molecule has 3 rings (SSSR count). The van der Waals surface area contributed by atoms with Crippen molar-refractivity contribution >= 4 is 40.7 Å². The lowest BCUT2D eigenvalue weighted by atomic mass is 10.1. The molecule has 3 aromatic rings. The van der Waals surface area contributed by atoms with E-state index in [2.05, 4.69) is 10.2 Å². The lowest BCUT2D eigenvalue weighted by Gasteiger charge is -2.06. The highest BCUT2D eigenvalue weighted by atomic mass is 35.5. The van der Waals surface area contributed by atoms with Crippen LogP contribution in [-0.4, -0.2) is 36.6 Å². The number of halogens is 2. The molecule has 2 aromatic carbocycles. The summed E-state index contributed by atoms with van der Waals surface area (Å²) in [6, 6.07) is 8.65. The van der Waals surface area contributed by atoms with Crippen LogP contribution in [0.15, 0.2) is 41.6 Å². The summed E-state index contributed by atoms with van der Waals surface area (Å²) in [6.45, 7) is 0. The van der Waals surface area contributed by atoms with Crippen molar-refractivity contribution in [2.24, 2.45) is 0 Å². The molecular formula is C16H12Cl2N4O3S. The van der Waals surface area contributed by atoms with E-state index in [1.165, 1.54) is 16.8 Å². The van der Waals surface area contributed by atoms with Crippen molar-refractivity contribution in [1.82, 2.24) is 14.9 Å². The number of aromatic nitrogens is 3. The quantitative estimate of drug-likeness (QED) is 0.335. The van der Waals surface area contributed by atoms with Gasteiger partial charge in [-0.1, -0.05) is 35.0 Å². The number of carbonyl (C=O) groups is 1. The number of phenols is 2. The number of benzene rings is 2. The van der Waals surface area contributed by atoms with E-state index in [1.54, 1.807) is 18.2 Å². The predicted molar refractivity (Wildman–Crippen MR) is 100 cm³/mol. The van der Waals surface area contributed by atoms with Crippen molar-refractivity contribution in [2.45, 2.75) is 5.16 Å². The molecule has 7 nitrogen and oxygen atoms in total. The topological polar surface area (TPSA) is 114 Å². The predicted octanol–water partition coefficient (Wildman–Crippen LogP) is 3.35. The molecule has 134 valence electrons. The first-order valence-electron chi connectivity index (χ1n) is 7.20. The van der Waals surface area contributed by atoms with Crippen LogP contribution in [0.2, 0.25) is 10.0 Å². The number of hydrogen-bond donors (Lipinski definition) is 3. The number of carbonyl (C=O) groups excluding carboxylic acids is 1. The van der Waals surface area contributed by atoms with Crippen molar-refractivity contribution in [3.05, 3.63) is 52.0 Å². The minimum absolute atomic E-state index is 0.0308. The van der Waals surface area contributed by atoms with Crippen LogP contribution in [0.3, 0.4) is 0 Å². The Labute approximate surface area is 162 Å². The average Bonchev–Trinajstić information content (AvgIpc) is 2.95. The number of ketones is 1. The van der Waals surface area contributed by atoms with Crippen LogP contribution in [0.4, 0.5) is 0 Å². The first-order valence-corrected chi connectivity index (χ1v) is 8.95. The summed E-state index contributed by atoms with van der Waals surface area (Å²) in [6.07, 6.45) is 0. The highest BCUT2D eigenvalue weighted by Gasteiger charge is 2.18. The number of aromatic hydroxyl groups is 2. The zero-order valence-electron chi connectivity index (χ0n) is 13.1. The van der Waals surface area contributed by atoms with Crippen LogP contribution < -0.4 is 5.84 Å². The molecule has 0 aliphatic heterocycles. The van der Waals surface area contributed by atoms with E-state index in [0.29, 0.717) is 26.6 Å². The third-order valence-corrected chi connectivity index (χ3v) is 4.96. The average molecular weight is 411 g/mol. The summed E-state index contributed by atoms with van der Waals surface area (Å²) in [5, 5.41) is 28.2. The van der Waals surface area contributed by atoms with Gasteiger partial charge in [-0.3, -0.25) is 4.79 Å². The largest absolute Gasteiger partial charge is 0.508 e. The molecule has 0 unspecified atom stereocenters. The molecule has 26 heavy (non-hydrogen) atoms. The highest BCUT2D eigenvalue weighted by molar-refractivity contribution is 7.99. The third-order valence-electron chi connectivity index (χ3n) is 3.45. The highest BCUT2D eigenvalue weighted by Crippen LogP contribution is 2.31. The number of nitrogen functional groups attached to an aromatic ring is 1. The van der Waals surface area contributed by atoms with Gasteiger partial charge in [-0.2, -0.15) is 0 Å². The van der Waals surface area contributed by atoms with E-state index in [0.717, 1.165) is 17.8 Å². The number of nitrogens with zero attached hydrogens (tertiary/aromatic N) is 3.